The summed E-state index contributed by atoms with van der Waals surface area (Å²) in [6, 6.07) is 8.64. The van der Waals surface area contributed by atoms with E-state index in [4.69, 9.17) is 19.2 Å². The van der Waals surface area contributed by atoms with Gasteiger partial charge in [-0.2, -0.15) is 0 Å². The van der Waals surface area contributed by atoms with E-state index in [0.717, 1.165) is 40.7 Å². The van der Waals surface area contributed by atoms with Gasteiger partial charge in [-0.05, 0) is 18.2 Å². The van der Waals surface area contributed by atoms with Gasteiger partial charge in [0.15, 0.2) is 9.84 Å². The third kappa shape index (κ3) is 5.97. The number of hydrogen-bond donors (Lipinski definition) is 2. The van der Waals surface area contributed by atoms with E-state index in [2.05, 4.69) is 9.97 Å². The van der Waals surface area contributed by atoms with Gasteiger partial charge in [0.05, 0.1) is 42.0 Å². The van der Waals surface area contributed by atoms with E-state index >= 15 is 0 Å². The average molecular weight is 587 g/mol. The maximum absolute atomic E-state index is 12.5. The van der Waals surface area contributed by atoms with Crippen molar-refractivity contribution in [3.05, 3.63) is 42.2 Å². The Morgan fingerprint density at radius 2 is 2.02 bits per heavy atom. The fourth-order valence-corrected chi connectivity index (χ4v) is 6.48. The van der Waals surface area contributed by atoms with Crippen molar-refractivity contribution < 1.29 is 32.5 Å². The summed E-state index contributed by atoms with van der Waals surface area (Å²) in [4.78, 5) is 26.6. The van der Waals surface area contributed by atoms with Crippen molar-refractivity contribution in [2.75, 3.05) is 39.1 Å². The molecule has 40 heavy (non-hydrogen) atoms. The first kappa shape index (κ1) is 27.1. The first-order valence-corrected chi connectivity index (χ1v) is 15.9. The number of amides is 1. The lowest BCUT2D eigenvalue weighted by Gasteiger charge is -2.36. The monoisotopic (exact) mass is 586 g/mol. The molecule has 0 bridgehead atoms. The Morgan fingerprint density at radius 1 is 1.23 bits per heavy atom. The van der Waals surface area contributed by atoms with Gasteiger partial charge in [0.2, 0.25) is 11.8 Å². The number of carbonyl (C=O) groups excluding carboxylic acids is 1. The number of aromatic amines is 1. The minimum atomic E-state index is -3.36. The summed E-state index contributed by atoms with van der Waals surface area (Å²) >= 11 is 1.57. The standard InChI is InChI=1S/C27H30N4O7S2/c1-40(34,35)21-2-3-24(28-13-21)38-19-8-16-9-22(30-26(16)23(10-19)37-18-4-6-36-7-5-18)27-29-12-20(39-27)11-25(33)31-14-17(32)15-31/h2-3,8-10,13,17-18,20,30,32H,4-7,11-12,14-15H2,1H3. The van der Waals surface area contributed by atoms with E-state index in [0.29, 0.717) is 50.8 Å². The highest BCUT2D eigenvalue weighted by Crippen LogP contribution is 2.37. The molecule has 2 fully saturated rings. The number of carbonyl (C=O) groups is 1. The van der Waals surface area contributed by atoms with Gasteiger partial charge in [-0.3, -0.25) is 9.79 Å². The average Bonchev–Trinajstić information content (AvgIpc) is 3.54. The minimum Gasteiger partial charge on any atom is -0.488 e. The number of likely N-dealkylation sites (tertiary alicyclic amines) is 1. The van der Waals surface area contributed by atoms with Crippen molar-refractivity contribution >= 4 is 43.5 Å². The van der Waals surface area contributed by atoms with Crippen LogP contribution in [0, 0.1) is 0 Å². The smallest absolute Gasteiger partial charge is 0.223 e. The van der Waals surface area contributed by atoms with Crippen LogP contribution in [-0.4, -0.2) is 95.9 Å². The van der Waals surface area contributed by atoms with Crippen molar-refractivity contribution in [3.8, 4) is 17.4 Å². The normalized spacial score (nSPS) is 20.4. The number of H-pyrrole nitrogens is 1. The van der Waals surface area contributed by atoms with Gasteiger partial charge in [0.25, 0.3) is 0 Å². The Kier molecular flexibility index (Phi) is 7.46. The van der Waals surface area contributed by atoms with E-state index in [-0.39, 0.29) is 28.0 Å². The molecule has 2 N–H and O–H groups in total. The summed E-state index contributed by atoms with van der Waals surface area (Å²) in [6.07, 6.45) is 3.94. The lowest BCUT2D eigenvalue weighted by Crippen LogP contribution is -2.53. The first-order chi connectivity index (χ1) is 19.2. The molecule has 1 amide bonds. The number of benzene rings is 1. The molecule has 0 radical (unpaired) electrons. The molecule has 3 aromatic rings. The summed E-state index contributed by atoms with van der Waals surface area (Å²) in [5, 5.41) is 11.2. The summed E-state index contributed by atoms with van der Waals surface area (Å²) < 4.78 is 41.4. The van der Waals surface area contributed by atoms with Crippen LogP contribution in [-0.2, 0) is 19.4 Å². The molecule has 0 saturated carbocycles. The molecule has 1 unspecified atom stereocenters. The molecule has 212 valence electrons. The number of ether oxygens (including phenoxy) is 3. The second kappa shape index (κ2) is 11.0. The molecule has 1 atom stereocenters. The number of rotatable bonds is 8. The summed E-state index contributed by atoms with van der Waals surface area (Å²) in [5.41, 5.74) is 1.64. The van der Waals surface area contributed by atoms with Gasteiger partial charge in [0.1, 0.15) is 22.6 Å². The number of β-amino-alcohol motifs (C(OH)–C–C–N with tert-alkyl or cyclic N) is 1. The minimum absolute atomic E-state index is 0.000248. The summed E-state index contributed by atoms with van der Waals surface area (Å²) in [5.74, 6) is 1.44. The highest BCUT2D eigenvalue weighted by Gasteiger charge is 2.32. The van der Waals surface area contributed by atoms with Crippen LogP contribution in [0.3, 0.4) is 0 Å². The fourth-order valence-electron chi connectivity index (χ4n) is 4.85. The van der Waals surface area contributed by atoms with Crippen molar-refractivity contribution in [3.63, 3.8) is 0 Å². The van der Waals surface area contributed by atoms with Gasteiger partial charge in [-0.1, -0.05) is 11.8 Å². The molecule has 6 rings (SSSR count). The number of aromatic nitrogens is 2. The number of sulfone groups is 1. The molecule has 1 aromatic carbocycles. The zero-order valence-electron chi connectivity index (χ0n) is 21.9. The molecule has 0 aliphatic carbocycles. The van der Waals surface area contributed by atoms with Crippen molar-refractivity contribution in [2.24, 2.45) is 4.99 Å². The largest absolute Gasteiger partial charge is 0.488 e. The number of aliphatic imine (C=N–C) groups is 1. The molecule has 3 aliphatic rings. The van der Waals surface area contributed by atoms with Crippen LogP contribution < -0.4 is 9.47 Å². The van der Waals surface area contributed by atoms with E-state index in [1.165, 1.54) is 18.3 Å². The second-order valence-electron chi connectivity index (χ2n) is 10.2. The SMILES string of the molecule is CS(=O)(=O)c1ccc(Oc2cc(OC3CCOCC3)c3[nH]c(C4=NCC(CC(=O)N5CC(O)C5)S4)cc3c2)nc1. The maximum Gasteiger partial charge on any atom is 0.223 e. The molecule has 0 spiro atoms. The van der Waals surface area contributed by atoms with Crippen LogP contribution in [0.15, 0.2) is 46.4 Å². The highest BCUT2D eigenvalue weighted by atomic mass is 32.2. The van der Waals surface area contributed by atoms with Crippen LogP contribution in [0.1, 0.15) is 25.0 Å². The third-order valence-corrected chi connectivity index (χ3v) is 9.37. The van der Waals surface area contributed by atoms with Crippen molar-refractivity contribution in [1.29, 1.82) is 0 Å². The summed E-state index contributed by atoms with van der Waals surface area (Å²) in [6.45, 7) is 2.64. The molecule has 2 aromatic heterocycles. The molecule has 2 saturated heterocycles. The number of pyridine rings is 1. The van der Waals surface area contributed by atoms with Gasteiger partial charge in [0, 0.05) is 67.6 Å². The zero-order chi connectivity index (χ0) is 27.9. The van der Waals surface area contributed by atoms with Crippen LogP contribution >= 0.6 is 11.8 Å². The van der Waals surface area contributed by atoms with Gasteiger partial charge in [-0.25, -0.2) is 13.4 Å². The zero-order valence-corrected chi connectivity index (χ0v) is 23.5. The predicted molar refractivity (Wildman–Crippen MR) is 150 cm³/mol. The Morgan fingerprint density at radius 3 is 2.73 bits per heavy atom. The number of hydrogen-bond acceptors (Lipinski definition) is 10. The third-order valence-electron chi connectivity index (χ3n) is 7.05. The van der Waals surface area contributed by atoms with E-state index in [1.54, 1.807) is 22.7 Å². The molecule has 3 aliphatic heterocycles. The Labute approximate surface area is 235 Å². The molecular formula is C27H30N4O7S2. The van der Waals surface area contributed by atoms with Gasteiger partial charge in [-0.15, -0.1) is 0 Å². The number of nitrogens with zero attached hydrogens (tertiary/aromatic N) is 3. The quantitative estimate of drug-likeness (QED) is 0.407. The number of aliphatic hydroxyl groups is 1. The fraction of sp³-hybridized carbons (Fsp3) is 0.444. The Balaban J connectivity index is 1.23. The van der Waals surface area contributed by atoms with Crippen molar-refractivity contribution in [2.45, 2.75) is 41.6 Å². The molecule has 13 heteroatoms. The van der Waals surface area contributed by atoms with Crippen LogP contribution in [0.4, 0.5) is 0 Å². The van der Waals surface area contributed by atoms with E-state index in [1.807, 2.05) is 12.1 Å². The number of thioether (sulfide) groups is 1. The first-order valence-electron chi connectivity index (χ1n) is 13.1. The number of nitrogens with one attached hydrogen (secondary N) is 1. The van der Waals surface area contributed by atoms with E-state index in [9.17, 15) is 18.3 Å². The topological polar surface area (TPSA) is 143 Å². The number of fused-ring (bicyclic) bond motifs is 1. The molecule has 11 nitrogen and oxygen atoms in total. The second-order valence-corrected chi connectivity index (χ2v) is 13.6. The highest BCUT2D eigenvalue weighted by molar-refractivity contribution is 8.15. The maximum atomic E-state index is 12.5. The molecular weight excluding hydrogens is 556 g/mol. The van der Waals surface area contributed by atoms with Gasteiger partial charge < -0.3 is 29.2 Å². The Hall–Kier alpha value is -3.13. The van der Waals surface area contributed by atoms with Gasteiger partial charge >= 0.3 is 0 Å². The molecule has 5 heterocycles. The van der Waals surface area contributed by atoms with Crippen LogP contribution in [0.2, 0.25) is 0 Å². The van der Waals surface area contributed by atoms with Crippen LogP contribution in [0.5, 0.6) is 17.4 Å². The van der Waals surface area contributed by atoms with E-state index < -0.39 is 15.9 Å². The lowest BCUT2D eigenvalue weighted by molar-refractivity contribution is -0.141. The predicted octanol–water partition coefficient (Wildman–Crippen LogP) is 2.77. The summed E-state index contributed by atoms with van der Waals surface area (Å²) in [7, 11) is -3.36. The number of aliphatic hydroxyl groups excluding tert-OH is 1. The lowest BCUT2D eigenvalue weighted by atomic mass is 10.1. The van der Waals surface area contributed by atoms with Crippen LogP contribution in [0.25, 0.3) is 10.9 Å². The Bertz CT molecular complexity index is 1540. The van der Waals surface area contributed by atoms with Crippen molar-refractivity contribution in [1.82, 2.24) is 14.9 Å².